The van der Waals surface area contributed by atoms with Crippen molar-refractivity contribution in [3.63, 3.8) is 0 Å². The zero-order chi connectivity index (χ0) is 16.1. The predicted octanol–water partition coefficient (Wildman–Crippen LogP) is 0.538. The first-order valence-corrected chi connectivity index (χ1v) is 8.75. The van der Waals surface area contributed by atoms with Gasteiger partial charge in [0.05, 0.1) is 26.1 Å². The van der Waals surface area contributed by atoms with E-state index in [-0.39, 0.29) is 23.8 Å². The Hall–Kier alpha value is -1.10. The number of nitrogens with one attached hydrogen (secondary N) is 2. The minimum Gasteiger partial charge on any atom is -0.469 e. The SMILES string of the molecule is COC(=O)C1CC[NH+]([C@H](C)C(=O)N[C@@H]2CCCC[C@H]2C)CC1. The molecule has 0 bridgehead atoms. The van der Waals surface area contributed by atoms with Gasteiger partial charge in [-0.1, -0.05) is 19.8 Å². The summed E-state index contributed by atoms with van der Waals surface area (Å²) in [5, 5.41) is 3.26. The first-order valence-electron chi connectivity index (χ1n) is 8.75. The van der Waals surface area contributed by atoms with E-state index in [2.05, 4.69) is 12.2 Å². The molecule has 0 unspecified atom stereocenters. The van der Waals surface area contributed by atoms with Crippen molar-refractivity contribution in [3.05, 3.63) is 0 Å². The molecule has 1 saturated carbocycles. The number of esters is 1. The minimum atomic E-state index is -0.104. The highest BCUT2D eigenvalue weighted by Crippen LogP contribution is 2.23. The number of carbonyl (C=O) groups is 2. The Bertz CT molecular complexity index is 391. The van der Waals surface area contributed by atoms with Crippen molar-refractivity contribution in [3.8, 4) is 0 Å². The number of rotatable bonds is 4. The monoisotopic (exact) mass is 311 g/mol. The lowest BCUT2D eigenvalue weighted by molar-refractivity contribution is -0.919. The molecule has 1 saturated heterocycles. The van der Waals surface area contributed by atoms with Gasteiger partial charge in [0.15, 0.2) is 6.04 Å². The molecule has 126 valence electrons. The van der Waals surface area contributed by atoms with Gasteiger partial charge in [0.2, 0.25) is 0 Å². The van der Waals surface area contributed by atoms with Crippen molar-refractivity contribution in [1.82, 2.24) is 5.32 Å². The second-order valence-electron chi connectivity index (χ2n) is 7.05. The Morgan fingerprint density at radius 2 is 1.77 bits per heavy atom. The minimum absolute atomic E-state index is 0.0161. The molecule has 1 aliphatic carbocycles. The maximum Gasteiger partial charge on any atom is 0.309 e. The number of amides is 1. The standard InChI is InChI=1S/C17H30N2O3/c1-12-6-4-5-7-15(12)18-16(20)13(2)19-10-8-14(9-11-19)17(21)22-3/h12-15H,4-11H2,1-3H3,(H,18,20)/p+1/t12-,13-,15-/m1/s1. The summed E-state index contributed by atoms with van der Waals surface area (Å²) in [7, 11) is 1.45. The molecule has 2 N–H and O–H groups in total. The quantitative estimate of drug-likeness (QED) is 0.745. The Kier molecular flexibility index (Phi) is 6.24. The molecule has 0 spiro atoms. The third-order valence-electron chi connectivity index (χ3n) is 5.61. The van der Waals surface area contributed by atoms with Gasteiger partial charge in [0, 0.05) is 18.9 Å². The smallest absolute Gasteiger partial charge is 0.309 e. The van der Waals surface area contributed by atoms with E-state index in [1.807, 2.05) is 6.92 Å². The van der Waals surface area contributed by atoms with Gasteiger partial charge in [-0.15, -0.1) is 0 Å². The second-order valence-corrected chi connectivity index (χ2v) is 7.05. The number of methoxy groups -OCH3 is 1. The highest BCUT2D eigenvalue weighted by Gasteiger charge is 2.34. The van der Waals surface area contributed by atoms with Crippen molar-refractivity contribution in [1.29, 1.82) is 0 Å². The molecule has 5 heteroatoms. The summed E-state index contributed by atoms with van der Waals surface area (Å²) in [6, 6.07) is 0.309. The van der Waals surface area contributed by atoms with E-state index in [1.54, 1.807) is 0 Å². The lowest BCUT2D eigenvalue weighted by Crippen LogP contribution is -3.17. The van der Waals surface area contributed by atoms with Gasteiger partial charge in [-0.05, 0) is 25.7 Å². The normalized spacial score (nSPS) is 33.8. The van der Waals surface area contributed by atoms with E-state index in [9.17, 15) is 9.59 Å². The fourth-order valence-electron chi connectivity index (χ4n) is 3.85. The van der Waals surface area contributed by atoms with Crippen LogP contribution in [0.4, 0.5) is 0 Å². The highest BCUT2D eigenvalue weighted by molar-refractivity contribution is 5.80. The lowest BCUT2D eigenvalue weighted by Gasteiger charge is -2.34. The highest BCUT2D eigenvalue weighted by atomic mass is 16.5. The average molecular weight is 311 g/mol. The summed E-state index contributed by atoms with van der Waals surface area (Å²) in [6.45, 7) is 5.99. The molecule has 1 heterocycles. The predicted molar refractivity (Wildman–Crippen MR) is 84.5 cm³/mol. The number of piperidine rings is 1. The number of quaternary nitrogens is 1. The van der Waals surface area contributed by atoms with Crippen LogP contribution < -0.4 is 10.2 Å². The number of hydrogen-bond acceptors (Lipinski definition) is 3. The van der Waals surface area contributed by atoms with Gasteiger partial charge in [0.25, 0.3) is 5.91 Å². The van der Waals surface area contributed by atoms with E-state index in [0.29, 0.717) is 12.0 Å². The zero-order valence-electron chi connectivity index (χ0n) is 14.2. The Morgan fingerprint density at radius 3 is 2.36 bits per heavy atom. The van der Waals surface area contributed by atoms with E-state index >= 15 is 0 Å². The number of ether oxygens (including phenoxy) is 1. The summed E-state index contributed by atoms with van der Waals surface area (Å²) in [5.41, 5.74) is 0. The van der Waals surface area contributed by atoms with Crippen LogP contribution in [-0.4, -0.2) is 44.2 Å². The number of carbonyl (C=O) groups excluding carboxylic acids is 2. The molecule has 0 aromatic carbocycles. The van der Waals surface area contributed by atoms with Gasteiger partial charge in [-0.3, -0.25) is 9.59 Å². The van der Waals surface area contributed by atoms with Crippen molar-refractivity contribution in [2.24, 2.45) is 11.8 Å². The molecule has 2 rings (SSSR count). The summed E-state index contributed by atoms with van der Waals surface area (Å²) in [4.78, 5) is 25.4. The third-order valence-corrected chi connectivity index (χ3v) is 5.61. The van der Waals surface area contributed by atoms with Gasteiger partial charge >= 0.3 is 5.97 Å². The molecular weight excluding hydrogens is 280 g/mol. The van der Waals surface area contributed by atoms with Gasteiger partial charge in [-0.2, -0.15) is 0 Å². The number of hydrogen-bond donors (Lipinski definition) is 2. The summed E-state index contributed by atoms with van der Waals surface area (Å²) >= 11 is 0. The maximum absolute atomic E-state index is 12.5. The van der Waals surface area contributed by atoms with E-state index in [4.69, 9.17) is 4.74 Å². The van der Waals surface area contributed by atoms with Crippen LogP contribution in [0.25, 0.3) is 0 Å². The molecule has 0 aromatic rings. The second kappa shape index (κ2) is 7.95. The Balaban J connectivity index is 1.80. The molecular formula is C17H31N2O3+. The summed E-state index contributed by atoms with van der Waals surface area (Å²) in [5.74, 6) is 0.671. The summed E-state index contributed by atoms with van der Waals surface area (Å²) < 4.78 is 4.82. The van der Waals surface area contributed by atoms with Crippen LogP contribution in [0.3, 0.4) is 0 Å². The molecule has 2 aliphatic rings. The molecule has 0 radical (unpaired) electrons. The first kappa shape index (κ1) is 17.3. The molecule has 1 aliphatic heterocycles. The van der Waals surface area contributed by atoms with Gasteiger partial charge in [0.1, 0.15) is 0 Å². The van der Waals surface area contributed by atoms with E-state index in [1.165, 1.54) is 31.3 Å². The fourth-order valence-corrected chi connectivity index (χ4v) is 3.85. The maximum atomic E-state index is 12.5. The van der Waals surface area contributed by atoms with Gasteiger partial charge in [-0.25, -0.2) is 0 Å². The van der Waals surface area contributed by atoms with Crippen LogP contribution in [0.5, 0.6) is 0 Å². The Labute approximate surface area is 133 Å². The van der Waals surface area contributed by atoms with Crippen LogP contribution in [0.2, 0.25) is 0 Å². The molecule has 1 amide bonds. The Morgan fingerprint density at radius 1 is 1.14 bits per heavy atom. The number of likely N-dealkylation sites (tertiary alicyclic amines) is 1. The fraction of sp³-hybridized carbons (Fsp3) is 0.882. The average Bonchev–Trinajstić information content (AvgIpc) is 2.55. The van der Waals surface area contributed by atoms with Crippen LogP contribution in [0, 0.1) is 11.8 Å². The van der Waals surface area contributed by atoms with Crippen molar-refractivity contribution < 1.29 is 19.2 Å². The molecule has 2 fully saturated rings. The van der Waals surface area contributed by atoms with Crippen LogP contribution >= 0.6 is 0 Å². The van der Waals surface area contributed by atoms with E-state index < -0.39 is 0 Å². The largest absolute Gasteiger partial charge is 0.469 e. The molecule has 0 aromatic heterocycles. The summed E-state index contributed by atoms with van der Waals surface area (Å²) in [6.07, 6.45) is 6.48. The van der Waals surface area contributed by atoms with Crippen LogP contribution in [0.15, 0.2) is 0 Å². The van der Waals surface area contributed by atoms with Crippen LogP contribution in [0.1, 0.15) is 52.4 Å². The molecule has 3 atom stereocenters. The molecule has 22 heavy (non-hydrogen) atoms. The first-order chi connectivity index (χ1) is 10.5. The molecule has 5 nitrogen and oxygen atoms in total. The zero-order valence-corrected chi connectivity index (χ0v) is 14.2. The lowest BCUT2D eigenvalue weighted by atomic mass is 9.86. The van der Waals surface area contributed by atoms with E-state index in [0.717, 1.165) is 32.4 Å². The van der Waals surface area contributed by atoms with Crippen molar-refractivity contribution in [2.45, 2.75) is 64.5 Å². The van der Waals surface area contributed by atoms with Crippen molar-refractivity contribution >= 4 is 11.9 Å². The van der Waals surface area contributed by atoms with Crippen molar-refractivity contribution in [2.75, 3.05) is 20.2 Å². The topological polar surface area (TPSA) is 59.8 Å². The third kappa shape index (κ3) is 4.22. The van der Waals surface area contributed by atoms with Crippen LogP contribution in [-0.2, 0) is 14.3 Å². The van der Waals surface area contributed by atoms with Gasteiger partial charge < -0.3 is 15.0 Å².